The van der Waals surface area contributed by atoms with Crippen LogP contribution in [0, 0.1) is 5.92 Å². The number of nitrogens with one attached hydrogen (secondary N) is 1. The Morgan fingerprint density at radius 1 is 1.25 bits per heavy atom. The molecule has 2 fully saturated rings. The zero-order valence-corrected chi connectivity index (χ0v) is 17.7. The molecule has 6 atom stereocenters. The van der Waals surface area contributed by atoms with E-state index < -0.39 is 40.1 Å². The maximum Gasteiger partial charge on any atom is 0.333 e. The minimum Gasteiger partial charge on any atom is -0.388 e. The van der Waals surface area contributed by atoms with Crippen LogP contribution in [0.25, 0.3) is 11.2 Å². The van der Waals surface area contributed by atoms with Crippen LogP contribution in [0.1, 0.15) is 36.1 Å². The van der Waals surface area contributed by atoms with Crippen LogP contribution in [0.2, 0.25) is 0 Å². The highest BCUT2D eigenvalue weighted by Crippen LogP contribution is 2.61. The predicted molar refractivity (Wildman–Crippen MR) is 113 cm³/mol. The third-order valence-electron chi connectivity index (χ3n) is 7.04. The van der Waals surface area contributed by atoms with Crippen molar-refractivity contribution < 1.29 is 22.8 Å². The molecule has 3 aromatic rings. The van der Waals surface area contributed by atoms with Crippen molar-refractivity contribution in [1.82, 2.24) is 19.5 Å². The van der Waals surface area contributed by atoms with Crippen molar-refractivity contribution in [2.24, 2.45) is 11.1 Å². The molecule has 0 radical (unpaired) electrons. The molecule has 12 heteroatoms. The molecule has 0 saturated heterocycles. The lowest BCUT2D eigenvalue weighted by molar-refractivity contribution is -0.0344. The van der Waals surface area contributed by atoms with Crippen LogP contribution in [0.4, 0.5) is 5.82 Å². The zero-order chi connectivity index (χ0) is 22.3. The van der Waals surface area contributed by atoms with Gasteiger partial charge in [-0.1, -0.05) is 24.3 Å². The van der Waals surface area contributed by atoms with Crippen molar-refractivity contribution in [3.63, 3.8) is 0 Å². The van der Waals surface area contributed by atoms with Crippen LogP contribution >= 0.6 is 0 Å². The molecule has 168 valence electrons. The molecule has 1 unspecified atom stereocenters. The van der Waals surface area contributed by atoms with Gasteiger partial charge in [-0.05, 0) is 30.4 Å². The topological polar surface area (TPSA) is 165 Å². The van der Waals surface area contributed by atoms with E-state index in [1.54, 1.807) is 10.9 Å². The first-order valence-electron chi connectivity index (χ1n) is 10.4. The molecular weight excluding hydrogens is 436 g/mol. The smallest absolute Gasteiger partial charge is 0.333 e. The van der Waals surface area contributed by atoms with E-state index in [0.717, 1.165) is 12.8 Å². The number of hydrogen-bond acceptors (Lipinski definition) is 9. The fourth-order valence-electron chi connectivity index (χ4n) is 5.46. The lowest BCUT2D eigenvalue weighted by Crippen LogP contribution is -2.38. The summed E-state index contributed by atoms with van der Waals surface area (Å²) in [5.74, 6) is 0.0509. The van der Waals surface area contributed by atoms with E-state index in [-0.39, 0.29) is 6.04 Å². The monoisotopic (exact) mass is 458 g/mol. The number of nitrogens with zero attached hydrogens (tertiary/aromatic N) is 4. The summed E-state index contributed by atoms with van der Waals surface area (Å²) in [5.41, 5.74) is 1.97. The number of benzene rings is 1. The quantitative estimate of drug-likeness (QED) is 0.417. The normalized spacial score (nSPS) is 33.3. The summed E-state index contributed by atoms with van der Waals surface area (Å²) in [5, 5.41) is 29.9. The van der Waals surface area contributed by atoms with Gasteiger partial charge in [0.05, 0.1) is 18.4 Å². The largest absolute Gasteiger partial charge is 0.388 e. The lowest BCUT2D eigenvalue weighted by atomic mass is 10.1. The second-order valence-electron chi connectivity index (χ2n) is 8.73. The number of aryl methyl sites for hydroxylation is 1. The van der Waals surface area contributed by atoms with Gasteiger partial charge in [-0.2, -0.15) is 8.42 Å². The third kappa shape index (κ3) is 2.87. The molecule has 0 spiro atoms. The van der Waals surface area contributed by atoms with E-state index >= 15 is 0 Å². The number of hydrogen-bond donors (Lipinski definition) is 4. The minimum atomic E-state index is -4.23. The molecule has 3 aliphatic rings. The van der Waals surface area contributed by atoms with E-state index in [2.05, 4.69) is 32.4 Å². The maximum absolute atomic E-state index is 11.2. The Balaban J connectivity index is 1.27. The molecule has 2 saturated carbocycles. The highest BCUT2D eigenvalue weighted by Gasteiger charge is 2.76. The number of imidazole rings is 1. The summed E-state index contributed by atoms with van der Waals surface area (Å²) < 4.78 is 28.9. The number of nitrogens with two attached hydrogens (primary N) is 1. The van der Waals surface area contributed by atoms with Gasteiger partial charge >= 0.3 is 10.3 Å². The number of aliphatic hydroxyl groups excluding tert-OH is 1. The molecule has 2 aromatic heterocycles. The summed E-state index contributed by atoms with van der Waals surface area (Å²) in [6.07, 6.45) is 2.93. The second-order valence-corrected chi connectivity index (χ2v) is 9.91. The molecule has 3 aliphatic carbocycles. The van der Waals surface area contributed by atoms with Gasteiger partial charge < -0.3 is 20.1 Å². The van der Waals surface area contributed by atoms with Crippen LogP contribution in [-0.4, -0.2) is 56.0 Å². The molecule has 1 aromatic carbocycles. The maximum atomic E-state index is 11.2. The summed E-state index contributed by atoms with van der Waals surface area (Å²) in [6.45, 7) is 0. The van der Waals surface area contributed by atoms with Gasteiger partial charge in [-0.25, -0.2) is 20.1 Å². The van der Waals surface area contributed by atoms with Gasteiger partial charge in [0.2, 0.25) is 0 Å². The van der Waals surface area contributed by atoms with Crippen molar-refractivity contribution in [1.29, 1.82) is 0 Å². The van der Waals surface area contributed by atoms with E-state index in [9.17, 15) is 18.6 Å². The standard InChI is InChI=1S/C20H22N6O5S/c21-32(29,30)31-17-12-7-14(16(27)20(12,17)28)26-9-24-15-18(22-8-23-19(15)26)25-13-6-5-10-3-1-2-4-11(10)13/h1-4,8-9,12-14,16-17,27-28H,5-7H2,(H2,21,29,30)(H,22,23,25)/t12-,13+,14-,16+,17?,20-/m1/s1. The van der Waals surface area contributed by atoms with Gasteiger partial charge in [0.15, 0.2) is 11.5 Å². The summed E-state index contributed by atoms with van der Waals surface area (Å²) in [7, 11) is -4.23. The molecule has 0 amide bonds. The average molecular weight is 459 g/mol. The lowest BCUT2D eigenvalue weighted by Gasteiger charge is -2.24. The molecular formula is C20H22N6O5S. The first kappa shape index (κ1) is 20.0. The van der Waals surface area contributed by atoms with Gasteiger partial charge in [-0.3, -0.25) is 4.18 Å². The highest BCUT2D eigenvalue weighted by molar-refractivity contribution is 7.84. The molecule has 32 heavy (non-hydrogen) atoms. The Kier molecular flexibility index (Phi) is 4.18. The third-order valence-corrected chi connectivity index (χ3v) is 7.51. The fourth-order valence-corrected chi connectivity index (χ4v) is 6.03. The Bertz CT molecular complexity index is 1330. The van der Waals surface area contributed by atoms with E-state index in [1.165, 1.54) is 17.5 Å². The first-order valence-corrected chi connectivity index (χ1v) is 11.9. The second kappa shape index (κ2) is 6.68. The van der Waals surface area contributed by atoms with Crippen LogP contribution < -0.4 is 10.5 Å². The van der Waals surface area contributed by atoms with Crippen LogP contribution in [0.15, 0.2) is 36.9 Å². The summed E-state index contributed by atoms with van der Waals surface area (Å²) in [4.78, 5) is 13.2. The molecule has 0 bridgehead atoms. The minimum absolute atomic E-state index is 0.121. The Morgan fingerprint density at radius 3 is 2.81 bits per heavy atom. The van der Waals surface area contributed by atoms with Gasteiger partial charge in [0.1, 0.15) is 29.7 Å². The van der Waals surface area contributed by atoms with E-state index in [0.29, 0.717) is 23.4 Å². The molecule has 2 heterocycles. The Labute approximate surface area is 183 Å². The zero-order valence-electron chi connectivity index (χ0n) is 16.9. The van der Waals surface area contributed by atoms with Crippen LogP contribution in [0.5, 0.6) is 0 Å². The van der Waals surface area contributed by atoms with Gasteiger partial charge in [-0.15, -0.1) is 0 Å². The summed E-state index contributed by atoms with van der Waals surface area (Å²) >= 11 is 0. The number of fused-ring (bicyclic) bond motifs is 3. The van der Waals surface area contributed by atoms with E-state index in [4.69, 9.17) is 9.32 Å². The number of aliphatic hydroxyl groups is 2. The highest BCUT2D eigenvalue weighted by atomic mass is 32.2. The number of rotatable bonds is 5. The molecule has 0 aliphatic heterocycles. The number of anilines is 1. The van der Waals surface area contributed by atoms with Crippen LogP contribution in [0.3, 0.4) is 0 Å². The Hall–Kier alpha value is -2.64. The van der Waals surface area contributed by atoms with E-state index in [1.807, 2.05) is 12.1 Å². The van der Waals surface area contributed by atoms with Gasteiger partial charge in [0.25, 0.3) is 0 Å². The summed E-state index contributed by atoms with van der Waals surface area (Å²) in [6, 6.07) is 7.88. The number of aromatic nitrogens is 4. The van der Waals surface area contributed by atoms with Gasteiger partial charge in [0, 0.05) is 5.92 Å². The van der Waals surface area contributed by atoms with Crippen molar-refractivity contribution in [3.05, 3.63) is 48.0 Å². The SMILES string of the molecule is NS(=O)(=O)OC1[C@H]2C[C@@H](n3cnc4c(N[C@H]5CCc6ccccc65)ncnc43)[C@H](O)[C@@]12O. The average Bonchev–Trinajstić information content (AvgIpc) is 3.17. The van der Waals surface area contributed by atoms with Crippen molar-refractivity contribution in [2.45, 2.75) is 49.2 Å². The Morgan fingerprint density at radius 2 is 2.06 bits per heavy atom. The van der Waals surface area contributed by atoms with Crippen molar-refractivity contribution in [3.8, 4) is 0 Å². The van der Waals surface area contributed by atoms with Crippen molar-refractivity contribution >= 4 is 27.3 Å². The molecule has 6 rings (SSSR count). The predicted octanol–water partition coefficient (Wildman–Crippen LogP) is 0.181. The fraction of sp³-hybridized carbons (Fsp3) is 0.450. The van der Waals surface area contributed by atoms with Crippen LogP contribution in [-0.2, 0) is 20.9 Å². The molecule has 11 nitrogen and oxygen atoms in total. The van der Waals surface area contributed by atoms with Crippen molar-refractivity contribution in [2.75, 3.05) is 5.32 Å². The molecule has 5 N–H and O–H groups in total. The first-order chi connectivity index (χ1) is 15.3.